The summed E-state index contributed by atoms with van der Waals surface area (Å²) in [5.74, 6) is 1.76. The van der Waals surface area contributed by atoms with E-state index < -0.39 is 0 Å². The fourth-order valence-electron chi connectivity index (χ4n) is 2.58. The van der Waals surface area contributed by atoms with Crippen molar-refractivity contribution in [3.8, 4) is 16.3 Å². The van der Waals surface area contributed by atoms with Gasteiger partial charge in [0.2, 0.25) is 0 Å². The average molecular weight is 343 g/mol. The zero-order valence-corrected chi connectivity index (χ0v) is 14.9. The molecule has 1 aromatic carbocycles. The molecule has 0 saturated heterocycles. The predicted molar refractivity (Wildman–Crippen MR) is 95.5 cm³/mol. The second kappa shape index (κ2) is 7.59. The monoisotopic (exact) mass is 343 g/mol. The molecule has 0 aliphatic heterocycles. The lowest BCUT2D eigenvalue weighted by Gasteiger charge is -2.13. The molecule has 0 fully saturated rings. The van der Waals surface area contributed by atoms with Crippen molar-refractivity contribution in [2.75, 3.05) is 13.7 Å². The van der Waals surface area contributed by atoms with Crippen LogP contribution in [0.5, 0.6) is 5.75 Å². The van der Waals surface area contributed by atoms with Crippen molar-refractivity contribution in [2.24, 2.45) is 0 Å². The Labute approximate surface area is 145 Å². The number of benzene rings is 1. The van der Waals surface area contributed by atoms with Crippen molar-refractivity contribution < 1.29 is 9.47 Å². The predicted octanol–water partition coefficient (Wildman–Crippen LogP) is 4.16. The summed E-state index contributed by atoms with van der Waals surface area (Å²) in [4.78, 5) is 9.17. The van der Waals surface area contributed by atoms with E-state index in [9.17, 15) is 0 Å². The number of hydrogen-bond donors (Lipinski definition) is 0. The third-order valence-corrected chi connectivity index (χ3v) is 4.67. The summed E-state index contributed by atoms with van der Waals surface area (Å²) in [7, 11) is 1.67. The van der Waals surface area contributed by atoms with E-state index in [1.165, 1.54) is 0 Å². The lowest BCUT2D eigenvalue weighted by molar-refractivity contribution is 0.0677. The van der Waals surface area contributed by atoms with Gasteiger partial charge in [0.15, 0.2) is 0 Å². The molecule has 24 heavy (non-hydrogen) atoms. The highest BCUT2D eigenvalue weighted by Gasteiger charge is 2.13. The standard InChI is InChI=1S/C18H21N3O2S/c1-4-23-13(2)17-19-8-9-21(17)11-15-12-24-18(20-15)14-6-5-7-16(10-14)22-3/h5-10,12-13H,4,11H2,1-3H3/t13-/m1/s1. The van der Waals surface area contributed by atoms with Crippen molar-refractivity contribution in [3.05, 3.63) is 53.6 Å². The van der Waals surface area contributed by atoms with Gasteiger partial charge in [-0.3, -0.25) is 0 Å². The Balaban J connectivity index is 1.78. The Morgan fingerprint density at radius 3 is 3.00 bits per heavy atom. The number of aromatic nitrogens is 3. The maximum absolute atomic E-state index is 5.65. The summed E-state index contributed by atoms with van der Waals surface area (Å²) in [6.45, 7) is 5.37. The minimum atomic E-state index is -0.0264. The third-order valence-electron chi connectivity index (χ3n) is 3.73. The van der Waals surface area contributed by atoms with Crippen LogP contribution in [0.25, 0.3) is 10.6 Å². The summed E-state index contributed by atoms with van der Waals surface area (Å²) < 4.78 is 13.0. The number of imidazole rings is 1. The van der Waals surface area contributed by atoms with Crippen LogP contribution in [-0.4, -0.2) is 28.3 Å². The van der Waals surface area contributed by atoms with Gasteiger partial charge in [0, 0.05) is 29.9 Å². The summed E-state index contributed by atoms with van der Waals surface area (Å²) in [6.07, 6.45) is 3.75. The fraction of sp³-hybridized carbons (Fsp3) is 0.333. The number of hydrogen-bond acceptors (Lipinski definition) is 5. The Kier molecular flexibility index (Phi) is 5.27. The van der Waals surface area contributed by atoms with Gasteiger partial charge in [-0.1, -0.05) is 12.1 Å². The highest BCUT2D eigenvalue weighted by atomic mass is 32.1. The van der Waals surface area contributed by atoms with Crippen LogP contribution in [0.15, 0.2) is 42.0 Å². The molecule has 0 spiro atoms. The van der Waals surface area contributed by atoms with Gasteiger partial charge in [-0.2, -0.15) is 0 Å². The zero-order chi connectivity index (χ0) is 16.9. The molecule has 5 nitrogen and oxygen atoms in total. The van der Waals surface area contributed by atoms with Crippen LogP contribution in [0.4, 0.5) is 0 Å². The Hall–Kier alpha value is -2.18. The Bertz CT molecular complexity index is 797. The SMILES string of the molecule is CCO[C@H](C)c1nccn1Cc1csc(-c2cccc(OC)c2)n1. The molecule has 0 bridgehead atoms. The zero-order valence-electron chi connectivity index (χ0n) is 14.1. The molecule has 3 rings (SSSR count). The fourth-order valence-corrected chi connectivity index (χ4v) is 3.39. The normalized spacial score (nSPS) is 12.3. The first-order valence-electron chi connectivity index (χ1n) is 7.92. The maximum Gasteiger partial charge on any atom is 0.137 e. The van der Waals surface area contributed by atoms with Crippen LogP contribution in [0.2, 0.25) is 0 Å². The first-order valence-corrected chi connectivity index (χ1v) is 8.80. The third kappa shape index (κ3) is 3.66. The van der Waals surface area contributed by atoms with E-state index >= 15 is 0 Å². The molecule has 126 valence electrons. The largest absolute Gasteiger partial charge is 0.497 e. The van der Waals surface area contributed by atoms with E-state index in [4.69, 9.17) is 14.5 Å². The van der Waals surface area contributed by atoms with Crippen molar-refractivity contribution in [1.82, 2.24) is 14.5 Å². The summed E-state index contributed by atoms with van der Waals surface area (Å²) in [6, 6.07) is 7.96. The van der Waals surface area contributed by atoms with Crippen molar-refractivity contribution >= 4 is 11.3 Å². The number of ether oxygens (including phenoxy) is 2. The van der Waals surface area contributed by atoms with E-state index in [2.05, 4.69) is 14.9 Å². The van der Waals surface area contributed by atoms with Crippen LogP contribution in [0, 0.1) is 0 Å². The van der Waals surface area contributed by atoms with Gasteiger partial charge in [-0.25, -0.2) is 9.97 Å². The molecular formula is C18H21N3O2S. The van der Waals surface area contributed by atoms with Crippen LogP contribution < -0.4 is 4.74 Å². The molecule has 0 saturated carbocycles. The van der Waals surface area contributed by atoms with Gasteiger partial charge in [-0.05, 0) is 26.0 Å². The van der Waals surface area contributed by atoms with E-state index in [1.807, 2.05) is 44.3 Å². The summed E-state index contributed by atoms with van der Waals surface area (Å²) in [5, 5.41) is 3.08. The molecule has 0 amide bonds. The molecule has 0 aliphatic rings. The van der Waals surface area contributed by atoms with E-state index in [0.29, 0.717) is 13.2 Å². The Morgan fingerprint density at radius 1 is 1.33 bits per heavy atom. The van der Waals surface area contributed by atoms with E-state index in [1.54, 1.807) is 24.6 Å². The number of methoxy groups -OCH3 is 1. The average Bonchev–Trinajstić information content (AvgIpc) is 3.25. The second-order valence-electron chi connectivity index (χ2n) is 5.39. The minimum Gasteiger partial charge on any atom is -0.497 e. The molecule has 0 unspecified atom stereocenters. The molecule has 0 N–H and O–H groups in total. The number of thiazole rings is 1. The van der Waals surface area contributed by atoms with Gasteiger partial charge in [0.25, 0.3) is 0 Å². The van der Waals surface area contributed by atoms with Crippen LogP contribution >= 0.6 is 11.3 Å². The molecule has 6 heteroatoms. The topological polar surface area (TPSA) is 49.2 Å². The molecule has 2 aromatic heterocycles. The van der Waals surface area contributed by atoms with Crippen molar-refractivity contribution in [1.29, 1.82) is 0 Å². The van der Waals surface area contributed by atoms with Crippen molar-refractivity contribution in [2.45, 2.75) is 26.5 Å². The van der Waals surface area contributed by atoms with Gasteiger partial charge >= 0.3 is 0 Å². The molecular weight excluding hydrogens is 322 g/mol. The van der Waals surface area contributed by atoms with E-state index in [-0.39, 0.29) is 6.10 Å². The lowest BCUT2D eigenvalue weighted by Crippen LogP contribution is -2.10. The molecule has 2 heterocycles. The Morgan fingerprint density at radius 2 is 2.21 bits per heavy atom. The van der Waals surface area contributed by atoms with Gasteiger partial charge in [0.1, 0.15) is 22.7 Å². The van der Waals surface area contributed by atoms with Crippen LogP contribution in [-0.2, 0) is 11.3 Å². The number of rotatable bonds is 7. The second-order valence-corrected chi connectivity index (χ2v) is 6.24. The van der Waals surface area contributed by atoms with Crippen molar-refractivity contribution in [3.63, 3.8) is 0 Å². The number of nitrogens with zero attached hydrogens (tertiary/aromatic N) is 3. The molecule has 1 atom stereocenters. The first-order chi connectivity index (χ1) is 11.7. The highest BCUT2D eigenvalue weighted by molar-refractivity contribution is 7.13. The lowest BCUT2D eigenvalue weighted by atomic mass is 10.2. The smallest absolute Gasteiger partial charge is 0.137 e. The van der Waals surface area contributed by atoms with Gasteiger partial charge in [-0.15, -0.1) is 11.3 Å². The maximum atomic E-state index is 5.65. The summed E-state index contributed by atoms with van der Waals surface area (Å²) in [5.41, 5.74) is 2.08. The molecule has 3 aromatic rings. The van der Waals surface area contributed by atoms with Gasteiger partial charge < -0.3 is 14.0 Å². The summed E-state index contributed by atoms with van der Waals surface area (Å²) >= 11 is 1.64. The van der Waals surface area contributed by atoms with Crippen LogP contribution in [0.3, 0.4) is 0 Å². The molecule has 0 radical (unpaired) electrons. The molecule has 0 aliphatic carbocycles. The highest BCUT2D eigenvalue weighted by Crippen LogP contribution is 2.27. The quantitative estimate of drug-likeness (QED) is 0.646. The van der Waals surface area contributed by atoms with Crippen LogP contribution in [0.1, 0.15) is 31.5 Å². The van der Waals surface area contributed by atoms with Gasteiger partial charge in [0.05, 0.1) is 19.3 Å². The van der Waals surface area contributed by atoms with E-state index in [0.717, 1.165) is 27.8 Å². The minimum absolute atomic E-state index is 0.0264. The first kappa shape index (κ1) is 16.7.